The van der Waals surface area contributed by atoms with Gasteiger partial charge in [-0.1, -0.05) is 24.3 Å². The molecule has 31 heavy (non-hydrogen) atoms. The number of carbonyl (C=O) groups is 2. The Morgan fingerprint density at radius 2 is 1.71 bits per heavy atom. The Kier molecular flexibility index (Phi) is 7.35. The highest BCUT2D eigenvalue weighted by molar-refractivity contribution is 6.10. The van der Waals surface area contributed by atoms with Crippen molar-refractivity contribution in [1.29, 1.82) is 0 Å². The van der Waals surface area contributed by atoms with Crippen LogP contribution < -0.4 is 20.3 Å². The fraction of sp³-hybridized carbons (Fsp3) is 0.167. The lowest BCUT2D eigenvalue weighted by Gasteiger charge is -2.15. The topological polar surface area (TPSA) is 71.9 Å². The summed E-state index contributed by atoms with van der Waals surface area (Å²) in [6.07, 6.45) is 0. The molecule has 0 aliphatic carbocycles. The summed E-state index contributed by atoms with van der Waals surface area (Å²) in [7, 11) is 3.43. The number of halogens is 1. The van der Waals surface area contributed by atoms with Gasteiger partial charge in [0.1, 0.15) is 18.1 Å². The molecule has 0 aliphatic heterocycles. The van der Waals surface area contributed by atoms with Gasteiger partial charge in [0, 0.05) is 11.3 Å². The fourth-order valence-electron chi connectivity index (χ4n) is 3.19. The minimum absolute atomic E-state index is 0.172. The summed E-state index contributed by atoms with van der Waals surface area (Å²) < 4.78 is 18.5. The number of benzene rings is 3. The quantitative estimate of drug-likeness (QED) is 0.523. The Hall–Kier alpha value is -3.71. The predicted octanol–water partition coefficient (Wildman–Crippen LogP) is 2.74. The SMILES string of the molecule is COc1ccc(NC(=O)c2ccccc2NC(=O)C[NH+](C)Cc2cccc(F)c2)cc1. The lowest BCUT2D eigenvalue weighted by atomic mass is 10.1. The number of nitrogens with one attached hydrogen (secondary N) is 3. The van der Waals surface area contributed by atoms with E-state index in [9.17, 15) is 14.0 Å². The van der Waals surface area contributed by atoms with Gasteiger partial charge in [-0.05, 0) is 48.5 Å². The van der Waals surface area contributed by atoms with Crippen molar-refractivity contribution in [3.63, 3.8) is 0 Å². The molecule has 3 aromatic rings. The van der Waals surface area contributed by atoms with Crippen LogP contribution in [0.2, 0.25) is 0 Å². The van der Waals surface area contributed by atoms with Crippen LogP contribution in [0.4, 0.5) is 15.8 Å². The normalized spacial score (nSPS) is 11.5. The highest BCUT2D eigenvalue weighted by atomic mass is 19.1. The fourth-order valence-corrected chi connectivity index (χ4v) is 3.19. The average molecular weight is 422 g/mol. The smallest absolute Gasteiger partial charge is 0.279 e. The van der Waals surface area contributed by atoms with E-state index in [4.69, 9.17) is 4.74 Å². The van der Waals surface area contributed by atoms with Crippen molar-refractivity contribution in [2.75, 3.05) is 31.3 Å². The molecule has 6 nitrogen and oxygen atoms in total. The van der Waals surface area contributed by atoms with Gasteiger partial charge in [-0.3, -0.25) is 9.59 Å². The zero-order chi connectivity index (χ0) is 22.2. The van der Waals surface area contributed by atoms with Crippen LogP contribution in [0.3, 0.4) is 0 Å². The zero-order valence-electron chi connectivity index (χ0n) is 17.4. The summed E-state index contributed by atoms with van der Waals surface area (Å²) in [5.41, 5.74) is 2.21. The Balaban J connectivity index is 1.62. The summed E-state index contributed by atoms with van der Waals surface area (Å²) in [6.45, 7) is 0.676. The number of ether oxygens (including phenoxy) is 1. The molecule has 0 saturated heterocycles. The summed E-state index contributed by atoms with van der Waals surface area (Å²) in [6, 6.07) is 20.1. The van der Waals surface area contributed by atoms with Gasteiger partial charge in [0.25, 0.3) is 11.8 Å². The van der Waals surface area contributed by atoms with E-state index < -0.39 is 0 Å². The predicted molar refractivity (Wildman–Crippen MR) is 118 cm³/mol. The maximum atomic E-state index is 13.3. The number of methoxy groups -OCH3 is 1. The zero-order valence-corrected chi connectivity index (χ0v) is 17.4. The van der Waals surface area contributed by atoms with Gasteiger partial charge >= 0.3 is 0 Å². The van der Waals surface area contributed by atoms with Crippen molar-refractivity contribution in [2.24, 2.45) is 0 Å². The largest absolute Gasteiger partial charge is 0.497 e. The van der Waals surface area contributed by atoms with Crippen LogP contribution in [0, 0.1) is 5.82 Å². The van der Waals surface area contributed by atoms with Crippen LogP contribution in [-0.2, 0) is 11.3 Å². The summed E-state index contributed by atoms with van der Waals surface area (Å²) in [4.78, 5) is 26.2. The van der Waals surface area contributed by atoms with Crippen molar-refractivity contribution in [3.05, 3.63) is 89.7 Å². The average Bonchev–Trinajstić information content (AvgIpc) is 2.74. The molecule has 0 bridgehead atoms. The van der Waals surface area contributed by atoms with Crippen LogP contribution in [-0.4, -0.2) is 32.5 Å². The number of rotatable bonds is 8. The van der Waals surface area contributed by atoms with Crippen molar-refractivity contribution < 1.29 is 23.6 Å². The molecule has 0 heterocycles. The van der Waals surface area contributed by atoms with Crippen molar-refractivity contribution in [2.45, 2.75) is 6.54 Å². The minimum Gasteiger partial charge on any atom is -0.497 e. The second kappa shape index (κ2) is 10.4. The monoisotopic (exact) mass is 422 g/mol. The molecule has 2 amide bonds. The standard InChI is InChI=1S/C24H24FN3O3/c1-28(15-17-6-5-7-18(25)14-17)16-23(29)27-22-9-4-3-8-21(22)24(30)26-19-10-12-20(31-2)13-11-19/h3-14H,15-16H2,1-2H3,(H,26,30)(H,27,29)/p+1. The Bertz CT molecular complexity index is 1050. The highest BCUT2D eigenvalue weighted by Gasteiger charge is 2.16. The van der Waals surface area contributed by atoms with Gasteiger partial charge in [-0.25, -0.2) is 4.39 Å². The van der Waals surface area contributed by atoms with Crippen LogP contribution in [0.1, 0.15) is 15.9 Å². The number of hydrogen-bond acceptors (Lipinski definition) is 3. The number of anilines is 2. The van der Waals surface area contributed by atoms with E-state index in [0.717, 1.165) is 10.5 Å². The van der Waals surface area contributed by atoms with Crippen LogP contribution in [0.25, 0.3) is 0 Å². The number of para-hydroxylation sites is 1. The number of hydrogen-bond donors (Lipinski definition) is 3. The number of carbonyl (C=O) groups excluding carboxylic acids is 2. The van der Waals surface area contributed by atoms with Crippen molar-refractivity contribution in [3.8, 4) is 5.75 Å². The second-order valence-corrected chi connectivity index (χ2v) is 7.22. The summed E-state index contributed by atoms with van der Waals surface area (Å²) >= 11 is 0. The molecule has 0 aromatic heterocycles. The van der Waals surface area contributed by atoms with E-state index in [0.29, 0.717) is 29.2 Å². The number of quaternary nitrogens is 1. The van der Waals surface area contributed by atoms with Gasteiger partial charge in [-0.2, -0.15) is 0 Å². The Labute approximate surface area is 180 Å². The first-order valence-electron chi connectivity index (χ1n) is 9.84. The molecule has 0 radical (unpaired) electrons. The van der Waals surface area contributed by atoms with Crippen LogP contribution >= 0.6 is 0 Å². The summed E-state index contributed by atoms with van der Waals surface area (Å²) in [5.74, 6) is -0.179. The minimum atomic E-state index is -0.332. The maximum absolute atomic E-state index is 13.3. The van der Waals surface area contributed by atoms with Gasteiger partial charge < -0.3 is 20.3 Å². The van der Waals surface area contributed by atoms with Gasteiger partial charge in [0.15, 0.2) is 6.54 Å². The van der Waals surface area contributed by atoms with E-state index in [1.54, 1.807) is 61.7 Å². The van der Waals surface area contributed by atoms with Crippen molar-refractivity contribution in [1.82, 2.24) is 0 Å². The molecule has 7 heteroatoms. The molecule has 0 saturated carbocycles. The molecular weight excluding hydrogens is 397 g/mol. The summed E-state index contributed by atoms with van der Waals surface area (Å²) in [5, 5.41) is 5.62. The van der Waals surface area contributed by atoms with E-state index in [1.165, 1.54) is 12.1 Å². The molecule has 1 atom stereocenters. The third kappa shape index (κ3) is 6.38. The lowest BCUT2D eigenvalue weighted by Crippen LogP contribution is -3.08. The molecule has 0 fully saturated rings. The second-order valence-electron chi connectivity index (χ2n) is 7.22. The molecule has 3 rings (SSSR count). The maximum Gasteiger partial charge on any atom is 0.279 e. The number of likely N-dealkylation sites (N-methyl/N-ethyl adjacent to an activating group) is 1. The van der Waals surface area contributed by atoms with Gasteiger partial charge in [-0.15, -0.1) is 0 Å². The molecule has 0 aliphatic rings. The molecule has 1 unspecified atom stereocenters. The first-order valence-corrected chi connectivity index (χ1v) is 9.84. The highest BCUT2D eigenvalue weighted by Crippen LogP contribution is 2.19. The van der Waals surface area contributed by atoms with E-state index >= 15 is 0 Å². The third-order valence-electron chi connectivity index (χ3n) is 4.65. The van der Waals surface area contributed by atoms with E-state index in [-0.39, 0.29) is 24.2 Å². The van der Waals surface area contributed by atoms with Crippen LogP contribution in [0.15, 0.2) is 72.8 Å². The van der Waals surface area contributed by atoms with E-state index in [1.807, 2.05) is 13.1 Å². The molecular formula is C24H25FN3O3+. The number of amides is 2. The first-order chi connectivity index (χ1) is 14.9. The molecule has 3 aromatic carbocycles. The molecule has 160 valence electrons. The van der Waals surface area contributed by atoms with E-state index in [2.05, 4.69) is 10.6 Å². The Morgan fingerprint density at radius 3 is 2.42 bits per heavy atom. The molecule has 0 spiro atoms. The van der Waals surface area contributed by atoms with Crippen LogP contribution in [0.5, 0.6) is 5.75 Å². The Morgan fingerprint density at radius 1 is 0.968 bits per heavy atom. The van der Waals surface area contributed by atoms with Gasteiger partial charge in [0.2, 0.25) is 0 Å². The van der Waals surface area contributed by atoms with Gasteiger partial charge in [0.05, 0.1) is 25.4 Å². The lowest BCUT2D eigenvalue weighted by molar-refractivity contribution is -0.885. The first kappa shape index (κ1) is 22.0. The van der Waals surface area contributed by atoms with Crippen molar-refractivity contribution >= 4 is 23.2 Å². The molecule has 3 N–H and O–H groups in total. The third-order valence-corrected chi connectivity index (χ3v) is 4.65.